The lowest BCUT2D eigenvalue weighted by molar-refractivity contribution is 0.257. The summed E-state index contributed by atoms with van der Waals surface area (Å²) < 4.78 is 1.65. The first-order chi connectivity index (χ1) is 13.8. The molecule has 4 rings (SSSR count). The van der Waals surface area contributed by atoms with Crippen LogP contribution < -0.4 is 16.3 Å². The molecule has 1 aliphatic heterocycles. The second kappa shape index (κ2) is 7.87. The molecule has 0 amide bonds. The number of pyridine rings is 1. The summed E-state index contributed by atoms with van der Waals surface area (Å²) in [7, 11) is 0. The van der Waals surface area contributed by atoms with E-state index in [4.69, 9.17) is 28.9 Å². The maximum Gasteiger partial charge on any atom is 0.349 e. The van der Waals surface area contributed by atoms with Gasteiger partial charge in [0.1, 0.15) is 5.82 Å². The normalized spacial score (nSPS) is 16.5. The molecule has 1 aromatic carbocycles. The standard InChI is InChI=1S/C20H23Cl2N5OS/c1-12-10-15(26-8-6-20(2,11-23)7-9-26)27-18(24-25-19(27)28)17(12)29-14-5-3-4-13(21)16(14)22/h3-5,10H,6-9,11,23H2,1-2H3,(H,25,28). The van der Waals surface area contributed by atoms with Crippen LogP contribution in [0, 0.1) is 12.3 Å². The lowest BCUT2D eigenvalue weighted by Gasteiger charge is -2.39. The number of aromatic nitrogens is 3. The van der Waals surface area contributed by atoms with Gasteiger partial charge in [-0.15, -0.1) is 0 Å². The van der Waals surface area contributed by atoms with Crippen LogP contribution in [0.5, 0.6) is 0 Å². The largest absolute Gasteiger partial charge is 0.358 e. The van der Waals surface area contributed by atoms with Gasteiger partial charge >= 0.3 is 5.69 Å². The summed E-state index contributed by atoms with van der Waals surface area (Å²) in [6.45, 7) is 6.64. The predicted octanol–water partition coefficient (Wildman–Crippen LogP) is 4.35. The van der Waals surface area contributed by atoms with Gasteiger partial charge in [-0.1, -0.05) is 48.0 Å². The fourth-order valence-corrected chi connectivity index (χ4v) is 5.16. The van der Waals surface area contributed by atoms with Crippen molar-refractivity contribution in [1.82, 2.24) is 14.6 Å². The van der Waals surface area contributed by atoms with E-state index in [0.717, 1.165) is 47.1 Å². The molecule has 1 fully saturated rings. The molecule has 0 unspecified atom stereocenters. The van der Waals surface area contributed by atoms with Crippen LogP contribution in [0.15, 0.2) is 38.9 Å². The number of hydrogen-bond acceptors (Lipinski definition) is 5. The molecular formula is C20H23Cl2N5OS. The lowest BCUT2D eigenvalue weighted by atomic mass is 9.80. The third-order valence-electron chi connectivity index (χ3n) is 5.72. The Morgan fingerprint density at radius 1 is 1.31 bits per heavy atom. The van der Waals surface area contributed by atoms with Crippen molar-refractivity contribution in [3.05, 3.63) is 50.4 Å². The van der Waals surface area contributed by atoms with E-state index >= 15 is 0 Å². The Morgan fingerprint density at radius 2 is 2.03 bits per heavy atom. The maximum atomic E-state index is 12.6. The number of nitrogens with two attached hydrogens (primary N) is 1. The number of nitrogens with zero attached hydrogens (tertiary/aromatic N) is 3. The summed E-state index contributed by atoms with van der Waals surface area (Å²) in [4.78, 5) is 16.5. The molecule has 29 heavy (non-hydrogen) atoms. The molecule has 3 N–H and O–H groups in total. The summed E-state index contributed by atoms with van der Waals surface area (Å²) in [6.07, 6.45) is 1.98. The molecule has 9 heteroatoms. The van der Waals surface area contributed by atoms with Crippen molar-refractivity contribution in [3.63, 3.8) is 0 Å². The number of piperidine rings is 1. The van der Waals surface area contributed by atoms with E-state index in [0.29, 0.717) is 22.2 Å². The highest BCUT2D eigenvalue weighted by molar-refractivity contribution is 7.99. The number of anilines is 1. The smallest absolute Gasteiger partial charge is 0.349 e. The number of rotatable bonds is 4. The molecule has 0 atom stereocenters. The quantitative estimate of drug-likeness (QED) is 0.615. The molecule has 0 spiro atoms. The molecule has 0 radical (unpaired) electrons. The van der Waals surface area contributed by atoms with Crippen LogP contribution in [0.2, 0.25) is 10.0 Å². The van der Waals surface area contributed by atoms with Gasteiger partial charge in [0, 0.05) is 18.0 Å². The van der Waals surface area contributed by atoms with Crippen LogP contribution >= 0.6 is 35.0 Å². The molecule has 3 aromatic rings. The van der Waals surface area contributed by atoms with Crippen molar-refractivity contribution < 1.29 is 0 Å². The zero-order chi connectivity index (χ0) is 20.8. The topological polar surface area (TPSA) is 79.4 Å². The number of fused-ring (bicyclic) bond motifs is 1. The van der Waals surface area contributed by atoms with Crippen molar-refractivity contribution in [2.24, 2.45) is 11.1 Å². The second-order valence-electron chi connectivity index (χ2n) is 7.86. The van der Waals surface area contributed by atoms with E-state index in [2.05, 4.69) is 28.1 Å². The minimum atomic E-state index is -0.249. The van der Waals surface area contributed by atoms with Crippen LogP contribution in [0.25, 0.3) is 5.65 Å². The number of aryl methyl sites for hydroxylation is 1. The first-order valence-electron chi connectivity index (χ1n) is 9.50. The van der Waals surface area contributed by atoms with Gasteiger partial charge in [-0.05, 0) is 55.5 Å². The van der Waals surface area contributed by atoms with Gasteiger partial charge in [0.25, 0.3) is 0 Å². The highest BCUT2D eigenvalue weighted by Gasteiger charge is 2.30. The van der Waals surface area contributed by atoms with E-state index in [1.165, 1.54) is 11.8 Å². The fraction of sp³-hybridized carbons (Fsp3) is 0.400. The first-order valence-corrected chi connectivity index (χ1v) is 11.1. The predicted molar refractivity (Wildman–Crippen MR) is 120 cm³/mol. The van der Waals surface area contributed by atoms with Crippen molar-refractivity contribution in [2.45, 2.75) is 36.5 Å². The molecule has 0 aliphatic carbocycles. The summed E-state index contributed by atoms with van der Waals surface area (Å²) in [5.41, 5.74) is 7.48. The Kier molecular flexibility index (Phi) is 5.59. The monoisotopic (exact) mass is 451 g/mol. The maximum absolute atomic E-state index is 12.6. The van der Waals surface area contributed by atoms with E-state index in [1.807, 2.05) is 19.1 Å². The summed E-state index contributed by atoms with van der Waals surface area (Å²) in [6, 6.07) is 7.57. The van der Waals surface area contributed by atoms with Crippen molar-refractivity contribution in [1.29, 1.82) is 0 Å². The summed E-state index contributed by atoms with van der Waals surface area (Å²) >= 11 is 14.0. The minimum Gasteiger partial charge on any atom is -0.358 e. The van der Waals surface area contributed by atoms with Crippen LogP contribution in [-0.2, 0) is 0 Å². The Labute approximate surface area is 183 Å². The van der Waals surface area contributed by atoms with E-state index < -0.39 is 0 Å². The van der Waals surface area contributed by atoms with E-state index in [1.54, 1.807) is 10.5 Å². The number of benzene rings is 1. The van der Waals surface area contributed by atoms with Gasteiger partial charge < -0.3 is 10.6 Å². The molecule has 154 valence electrons. The number of halogens is 2. The molecule has 0 bridgehead atoms. The Bertz CT molecular complexity index is 1120. The Morgan fingerprint density at radius 3 is 2.72 bits per heavy atom. The molecule has 2 aromatic heterocycles. The van der Waals surface area contributed by atoms with Gasteiger partial charge in [0.15, 0.2) is 5.65 Å². The highest BCUT2D eigenvalue weighted by atomic mass is 35.5. The molecule has 1 saturated heterocycles. The number of aromatic amines is 1. The zero-order valence-electron chi connectivity index (χ0n) is 16.3. The average Bonchev–Trinajstić information content (AvgIpc) is 3.09. The SMILES string of the molecule is Cc1cc(N2CCC(C)(CN)CC2)n2c(=O)[nH]nc2c1Sc1cccc(Cl)c1Cl. The van der Waals surface area contributed by atoms with Crippen LogP contribution in [0.4, 0.5) is 5.82 Å². The van der Waals surface area contributed by atoms with Gasteiger partial charge in [-0.2, -0.15) is 5.10 Å². The van der Waals surface area contributed by atoms with Crippen molar-refractivity contribution in [3.8, 4) is 0 Å². The second-order valence-corrected chi connectivity index (χ2v) is 9.70. The molecule has 1 aliphatic rings. The number of nitrogens with one attached hydrogen (secondary N) is 1. The van der Waals surface area contributed by atoms with Gasteiger partial charge in [-0.25, -0.2) is 14.3 Å². The fourth-order valence-electron chi connectivity index (χ4n) is 3.67. The molecular weight excluding hydrogens is 429 g/mol. The van der Waals surface area contributed by atoms with Crippen molar-refractivity contribution in [2.75, 3.05) is 24.5 Å². The first kappa shape index (κ1) is 20.6. The highest BCUT2D eigenvalue weighted by Crippen LogP contribution is 2.41. The summed E-state index contributed by atoms with van der Waals surface area (Å²) in [5.74, 6) is 0.858. The minimum absolute atomic E-state index is 0.158. The van der Waals surface area contributed by atoms with Crippen LogP contribution in [0.1, 0.15) is 25.3 Å². The summed E-state index contributed by atoms with van der Waals surface area (Å²) in [5, 5.41) is 7.90. The molecule has 3 heterocycles. The lowest BCUT2D eigenvalue weighted by Crippen LogP contribution is -2.43. The molecule has 6 nitrogen and oxygen atoms in total. The number of H-pyrrole nitrogens is 1. The Hall–Kier alpha value is -1.67. The van der Waals surface area contributed by atoms with E-state index in [9.17, 15) is 4.79 Å². The zero-order valence-corrected chi connectivity index (χ0v) is 18.7. The third-order valence-corrected chi connectivity index (χ3v) is 7.92. The number of hydrogen-bond donors (Lipinski definition) is 2. The van der Waals surface area contributed by atoms with Crippen LogP contribution in [0.3, 0.4) is 0 Å². The third kappa shape index (κ3) is 3.77. The average molecular weight is 452 g/mol. The van der Waals surface area contributed by atoms with Gasteiger partial charge in [-0.3, -0.25) is 0 Å². The van der Waals surface area contributed by atoms with Gasteiger partial charge in [0.05, 0.1) is 14.9 Å². The van der Waals surface area contributed by atoms with E-state index in [-0.39, 0.29) is 11.1 Å². The van der Waals surface area contributed by atoms with Crippen LogP contribution in [-0.4, -0.2) is 34.2 Å². The van der Waals surface area contributed by atoms with Crippen molar-refractivity contribution >= 4 is 46.4 Å². The Balaban J connectivity index is 1.76. The molecule has 0 saturated carbocycles. The van der Waals surface area contributed by atoms with Gasteiger partial charge in [0.2, 0.25) is 0 Å².